The lowest BCUT2D eigenvalue weighted by Crippen LogP contribution is -2.45. The lowest BCUT2D eigenvalue weighted by molar-refractivity contribution is -0.127. The third kappa shape index (κ3) is 5.02. The van der Waals surface area contributed by atoms with Gasteiger partial charge in [-0.2, -0.15) is 0 Å². The van der Waals surface area contributed by atoms with E-state index < -0.39 is 11.9 Å². The van der Waals surface area contributed by atoms with Gasteiger partial charge in [0.25, 0.3) is 5.91 Å². The fraction of sp³-hybridized carbons (Fsp3) is 0.214. The van der Waals surface area contributed by atoms with Gasteiger partial charge in [-0.15, -0.1) is 5.10 Å². The minimum Gasteiger partial charge on any atom is -0.467 e. The van der Waals surface area contributed by atoms with E-state index in [2.05, 4.69) is 15.6 Å². The normalized spacial score (nSPS) is 12.0. The lowest BCUT2D eigenvalue weighted by atomic mass is 10.1. The summed E-state index contributed by atoms with van der Waals surface area (Å²) in [7, 11) is 0. The number of nitrogens with zero attached hydrogens (tertiary/aromatic N) is 4. The van der Waals surface area contributed by atoms with Crippen LogP contribution in [-0.4, -0.2) is 26.8 Å². The van der Waals surface area contributed by atoms with Crippen LogP contribution >= 0.6 is 0 Å². The molecule has 0 saturated carbocycles. The summed E-state index contributed by atoms with van der Waals surface area (Å²) in [6.45, 7) is 5.75. The Morgan fingerprint density at radius 3 is 2.59 bits per heavy atom. The van der Waals surface area contributed by atoms with Crippen molar-refractivity contribution >= 4 is 28.5 Å². The molecule has 37 heavy (non-hydrogen) atoms. The van der Waals surface area contributed by atoms with Gasteiger partial charge in [0, 0.05) is 5.69 Å². The van der Waals surface area contributed by atoms with Crippen LogP contribution < -0.4 is 10.2 Å². The number of rotatable bonds is 8. The number of furan rings is 2. The molecule has 5 rings (SSSR count). The molecule has 9 heteroatoms. The quantitative estimate of drug-likeness (QED) is 0.335. The highest BCUT2D eigenvalue weighted by Crippen LogP contribution is 2.32. The molecule has 2 aromatic carbocycles. The number of hydrogen-bond acceptors (Lipinski definition) is 6. The predicted molar refractivity (Wildman–Crippen MR) is 138 cm³/mol. The Balaban J connectivity index is 1.57. The Morgan fingerprint density at radius 2 is 1.86 bits per heavy atom. The summed E-state index contributed by atoms with van der Waals surface area (Å²) in [5.74, 6) is 0.846. The maximum Gasteiger partial charge on any atom is 0.251 e. The Labute approximate surface area is 213 Å². The highest BCUT2D eigenvalue weighted by Gasteiger charge is 2.36. The minimum atomic E-state index is -1.06. The van der Waals surface area contributed by atoms with E-state index in [4.69, 9.17) is 8.83 Å². The van der Waals surface area contributed by atoms with Crippen LogP contribution in [0.2, 0.25) is 0 Å². The number of para-hydroxylation sites is 1. The van der Waals surface area contributed by atoms with E-state index in [-0.39, 0.29) is 19.0 Å². The van der Waals surface area contributed by atoms with Crippen LogP contribution in [0, 0.1) is 20.8 Å². The molecule has 0 unspecified atom stereocenters. The first kappa shape index (κ1) is 24.1. The maximum absolute atomic E-state index is 14.0. The van der Waals surface area contributed by atoms with Crippen molar-refractivity contribution in [3.63, 3.8) is 0 Å². The van der Waals surface area contributed by atoms with Crippen molar-refractivity contribution in [1.29, 1.82) is 0 Å². The molecule has 0 aliphatic rings. The van der Waals surface area contributed by atoms with Crippen molar-refractivity contribution in [3.05, 3.63) is 101 Å². The molecule has 3 aromatic heterocycles. The summed E-state index contributed by atoms with van der Waals surface area (Å²) in [6.07, 6.45) is 1.54. The maximum atomic E-state index is 14.0. The van der Waals surface area contributed by atoms with Crippen LogP contribution in [0.5, 0.6) is 0 Å². The third-order valence-electron chi connectivity index (χ3n) is 6.14. The molecule has 3 heterocycles. The van der Waals surface area contributed by atoms with Crippen LogP contribution in [-0.2, 0) is 22.7 Å². The molecule has 0 aliphatic heterocycles. The Bertz CT molecular complexity index is 1550. The zero-order valence-electron chi connectivity index (χ0n) is 20.8. The molecule has 188 valence electrons. The van der Waals surface area contributed by atoms with Crippen LogP contribution in [0.15, 0.2) is 81.8 Å². The molecular formula is C28H27N5O4. The summed E-state index contributed by atoms with van der Waals surface area (Å²) in [4.78, 5) is 29.3. The average Bonchev–Trinajstić information content (AvgIpc) is 3.64. The van der Waals surface area contributed by atoms with Crippen molar-refractivity contribution in [2.24, 2.45) is 0 Å². The third-order valence-corrected chi connectivity index (χ3v) is 6.14. The molecule has 1 N–H and O–H groups in total. The summed E-state index contributed by atoms with van der Waals surface area (Å²) < 4.78 is 12.8. The molecule has 0 fully saturated rings. The topological polar surface area (TPSA) is 106 Å². The first-order chi connectivity index (χ1) is 17.9. The molecule has 0 bridgehead atoms. The van der Waals surface area contributed by atoms with E-state index in [1.165, 1.54) is 4.90 Å². The molecular weight excluding hydrogens is 470 g/mol. The number of benzene rings is 2. The van der Waals surface area contributed by atoms with Gasteiger partial charge in [-0.1, -0.05) is 35.0 Å². The predicted octanol–water partition coefficient (Wildman–Crippen LogP) is 4.63. The highest BCUT2D eigenvalue weighted by molar-refractivity contribution is 6.01. The average molecular weight is 498 g/mol. The van der Waals surface area contributed by atoms with Gasteiger partial charge in [-0.25, -0.2) is 4.68 Å². The van der Waals surface area contributed by atoms with Crippen LogP contribution in [0.25, 0.3) is 11.0 Å². The highest BCUT2D eigenvalue weighted by atomic mass is 16.3. The van der Waals surface area contributed by atoms with Gasteiger partial charge in [0.1, 0.15) is 29.3 Å². The van der Waals surface area contributed by atoms with Gasteiger partial charge in [0.05, 0.1) is 18.3 Å². The number of hydrogen-bond donors (Lipinski definition) is 1. The fourth-order valence-corrected chi connectivity index (χ4v) is 4.39. The Morgan fingerprint density at radius 1 is 1.03 bits per heavy atom. The molecule has 2 amide bonds. The number of fused-ring (bicyclic) bond motifs is 1. The van der Waals surface area contributed by atoms with Gasteiger partial charge in [0.2, 0.25) is 5.91 Å². The van der Waals surface area contributed by atoms with Crippen LogP contribution in [0.4, 0.5) is 5.69 Å². The summed E-state index contributed by atoms with van der Waals surface area (Å²) in [5, 5.41) is 11.2. The van der Waals surface area contributed by atoms with Gasteiger partial charge < -0.3 is 14.2 Å². The minimum absolute atomic E-state index is 0.116. The van der Waals surface area contributed by atoms with E-state index in [1.54, 1.807) is 42.1 Å². The van der Waals surface area contributed by atoms with Crippen LogP contribution in [0.1, 0.15) is 34.4 Å². The summed E-state index contributed by atoms with van der Waals surface area (Å²) >= 11 is 0. The standard InChI is InChI=1S/C28H27N5O4/c1-18-10-12-23(19(2)15-18)33(26(34)17-32-24-9-5-4-8-22(24)30-31-32)27(25-13-11-20(3)37-25)28(35)29-16-21-7-6-14-36-21/h4-15,27H,16-17H2,1-3H3,(H,29,35)/t27-/m1/s1. The Kier molecular flexibility index (Phi) is 6.59. The van der Waals surface area contributed by atoms with E-state index in [9.17, 15) is 9.59 Å². The van der Waals surface area contributed by atoms with E-state index >= 15 is 0 Å². The number of amides is 2. The van der Waals surface area contributed by atoms with Gasteiger partial charge in [0.15, 0.2) is 6.04 Å². The second-order valence-electron chi connectivity index (χ2n) is 8.94. The number of aromatic nitrogens is 3. The molecule has 1 atom stereocenters. The van der Waals surface area contributed by atoms with E-state index in [0.717, 1.165) is 16.6 Å². The molecule has 5 aromatic rings. The number of carbonyl (C=O) groups excluding carboxylic acids is 2. The van der Waals surface area contributed by atoms with Crippen molar-refractivity contribution in [2.75, 3.05) is 4.90 Å². The fourth-order valence-electron chi connectivity index (χ4n) is 4.39. The van der Waals surface area contributed by atoms with E-state index in [0.29, 0.717) is 28.5 Å². The zero-order chi connectivity index (χ0) is 25.9. The largest absolute Gasteiger partial charge is 0.467 e. The lowest BCUT2D eigenvalue weighted by Gasteiger charge is -2.31. The second-order valence-corrected chi connectivity index (χ2v) is 8.94. The number of carbonyl (C=O) groups is 2. The van der Waals surface area contributed by atoms with Crippen molar-refractivity contribution in [2.45, 2.75) is 39.9 Å². The monoisotopic (exact) mass is 497 g/mol. The van der Waals surface area contributed by atoms with Gasteiger partial charge in [-0.05, 0) is 68.8 Å². The Hall–Kier alpha value is -4.66. The summed E-state index contributed by atoms with van der Waals surface area (Å²) in [6, 6.07) is 19.1. The van der Waals surface area contributed by atoms with Crippen LogP contribution in [0.3, 0.4) is 0 Å². The van der Waals surface area contributed by atoms with E-state index in [1.807, 2.05) is 56.3 Å². The number of nitrogens with one attached hydrogen (secondary N) is 1. The molecule has 0 aliphatic carbocycles. The number of anilines is 1. The number of aryl methyl sites for hydroxylation is 3. The van der Waals surface area contributed by atoms with Gasteiger partial charge in [-0.3, -0.25) is 14.5 Å². The molecule has 9 nitrogen and oxygen atoms in total. The SMILES string of the molecule is Cc1ccc(N(C(=O)Cn2nnc3ccccc32)[C@@H](C(=O)NCc2ccco2)c2ccc(C)o2)c(C)c1. The zero-order valence-corrected chi connectivity index (χ0v) is 20.8. The molecule has 0 spiro atoms. The van der Waals surface area contributed by atoms with Crippen molar-refractivity contribution < 1.29 is 18.4 Å². The molecule has 0 radical (unpaired) electrons. The smallest absolute Gasteiger partial charge is 0.251 e. The summed E-state index contributed by atoms with van der Waals surface area (Å²) in [5.41, 5.74) is 3.91. The molecule has 0 saturated heterocycles. The van der Waals surface area contributed by atoms with Crippen molar-refractivity contribution in [3.8, 4) is 0 Å². The first-order valence-corrected chi connectivity index (χ1v) is 11.9. The van der Waals surface area contributed by atoms with Crippen molar-refractivity contribution in [1.82, 2.24) is 20.3 Å². The second kappa shape index (κ2) is 10.1. The first-order valence-electron chi connectivity index (χ1n) is 11.9. The van der Waals surface area contributed by atoms with Gasteiger partial charge >= 0.3 is 0 Å².